The van der Waals surface area contributed by atoms with Gasteiger partial charge in [0.1, 0.15) is 5.82 Å². The molecular weight excluding hydrogens is 294 g/mol. The lowest BCUT2D eigenvalue weighted by Gasteiger charge is -2.20. The Balaban J connectivity index is 2.40. The number of anilines is 1. The summed E-state index contributed by atoms with van der Waals surface area (Å²) in [6.45, 7) is 8.48. The monoisotopic (exact) mass is 313 g/mol. The topological polar surface area (TPSA) is 54.0 Å². The van der Waals surface area contributed by atoms with Crippen LogP contribution in [-0.4, -0.2) is 23.0 Å². The molecule has 0 aliphatic carbocycles. The van der Waals surface area contributed by atoms with E-state index in [9.17, 15) is 4.79 Å². The largest absolute Gasteiger partial charge is 0.369 e. The number of nitrogens with zero attached hydrogens (tertiary/aromatic N) is 1. The van der Waals surface area contributed by atoms with Gasteiger partial charge in [-0.3, -0.25) is 4.79 Å². The smallest absolute Gasteiger partial charge is 0.222 e. The molecule has 0 aliphatic heterocycles. The van der Waals surface area contributed by atoms with Gasteiger partial charge in [0, 0.05) is 29.2 Å². The number of carbonyl (C=O) groups excluding carboxylic acids is 1. The van der Waals surface area contributed by atoms with Gasteiger partial charge >= 0.3 is 0 Å². The van der Waals surface area contributed by atoms with Crippen LogP contribution in [0.5, 0.6) is 0 Å². The second-order valence-electron chi connectivity index (χ2n) is 5.29. The van der Waals surface area contributed by atoms with E-state index in [0.29, 0.717) is 13.0 Å². The molecule has 4 nitrogen and oxygen atoms in total. The van der Waals surface area contributed by atoms with E-state index < -0.39 is 0 Å². The van der Waals surface area contributed by atoms with E-state index in [-0.39, 0.29) is 11.4 Å². The Morgan fingerprint density at radius 2 is 2.11 bits per heavy atom. The molecule has 1 rings (SSSR count). The zero-order valence-electron chi connectivity index (χ0n) is 11.3. The third-order valence-electron chi connectivity index (χ3n) is 2.20. The predicted molar refractivity (Wildman–Crippen MR) is 77.7 cm³/mol. The minimum Gasteiger partial charge on any atom is -0.369 e. The second kappa shape index (κ2) is 6.18. The summed E-state index contributed by atoms with van der Waals surface area (Å²) in [5.41, 5.74) is 0.878. The number of aromatic nitrogens is 1. The lowest BCUT2D eigenvalue weighted by molar-refractivity contribution is -0.122. The van der Waals surface area contributed by atoms with Gasteiger partial charge in [0.25, 0.3) is 0 Å². The highest BCUT2D eigenvalue weighted by Gasteiger charge is 2.13. The Morgan fingerprint density at radius 1 is 1.44 bits per heavy atom. The highest BCUT2D eigenvalue weighted by atomic mass is 79.9. The van der Waals surface area contributed by atoms with Crippen LogP contribution in [0, 0.1) is 6.92 Å². The van der Waals surface area contributed by atoms with Crippen LogP contribution >= 0.6 is 15.9 Å². The van der Waals surface area contributed by atoms with Crippen molar-refractivity contribution in [2.24, 2.45) is 0 Å². The number of pyridine rings is 1. The molecule has 2 N–H and O–H groups in total. The van der Waals surface area contributed by atoms with Crippen LogP contribution in [0.3, 0.4) is 0 Å². The summed E-state index contributed by atoms with van der Waals surface area (Å²) in [7, 11) is 0. The molecule has 0 bridgehead atoms. The van der Waals surface area contributed by atoms with E-state index in [0.717, 1.165) is 15.9 Å². The van der Waals surface area contributed by atoms with Crippen LogP contribution in [0.15, 0.2) is 16.7 Å². The van der Waals surface area contributed by atoms with E-state index in [1.807, 2.05) is 33.8 Å². The maximum absolute atomic E-state index is 11.6. The van der Waals surface area contributed by atoms with E-state index >= 15 is 0 Å². The number of amides is 1. The van der Waals surface area contributed by atoms with Gasteiger partial charge in [-0.15, -0.1) is 0 Å². The normalized spacial score (nSPS) is 11.2. The van der Waals surface area contributed by atoms with Gasteiger partial charge in [-0.1, -0.05) is 0 Å². The molecule has 0 unspecified atom stereocenters. The molecule has 0 atom stereocenters. The molecule has 0 spiro atoms. The summed E-state index contributed by atoms with van der Waals surface area (Å²) in [6.07, 6.45) is 2.18. The summed E-state index contributed by atoms with van der Waals surface area (Å²) in [4.78, 5) is 15.9. The molecular formula is C13H20BrN3O. The van der Waals surface area contributed by atoms with Crippen molar-refractivity contribution in [3.8, 4) is 0 Å². The molecule has 1 amide bonds. The quantitative estimate of drug-likeness (QED) is 0.898. The Morgan fingerprint density at radius 3 is 2.67 bits per heavy atom. The molecule has 5 heteroatoms. The molecule has 1 aromatic rings. The van der Waals surface area contributed by atoms with Crippen LogP contribution in [0.25, 0.3) is 0 Å². The number of nitrogens with one attached hydrogen (secondary N) is 2. The number of hydrogen-bond donors (Lipinski definition) is 2. The van der Waals surface area contributed by atoms with E-state index in [1.165, 1.54) is 0 Å². The van der Waals surface area contributed by atoms with Crippen molar-refractivity contribution in [3.05, 3.63) is 22.3 Å². The fourth-order valence-electron chi connectivity index (χ4n) is 1.50. The van der Waals surface area contributed by atoms with Crippen LogP contribution < -0.4 is 10.6 Å². The average Bonchev–Trinajstić information content (AvgIpc) is 2.18. The van der Waals surface area contributed by atoms with Gasteiger partial charge in [-0.25, -0.2) is 4.98 Å². The minimum atomic E-state index is -0.178. The Kier molecular flexibility index (Phi) is 5.14. The van der Waals surface area contributed by atoms with Crippen molar-refractivity contribution >= 4 is 27.7 Å². The summed E-state index contributed by atoms with van der Waals surface area (Å²) in [6, 6.07) is 1.99. The van der Waals surface area contributed by atoms with Gasteiger partial charge in [-0.2, -0.15) is 0 Å². The molecule has 0 aromatic carbocycles. The van der Waals surface area contributed by atoms with Gasteiger partial charge in [0.15, 0.2) is 0 Å². The summed E-state index contributed by atoms with van der Waals surface area (Å²) in [5, 5.41) is 6.09. The summed E-state index contributed by atoms with van der Waals surface area (Å²) >= 11 is 3.37. The standard InChI is InChI=1S/C13H20BrN3O/c1-9-7-10(14)8-16-12(9)15-6-5-11(18)17-13(2,3)4/h7-8H,5-6H2,1-4H3,(H,15,16)(H,17,18). The first-order chi connectivity index (χ1) is 8.28. The molecule has 100 valence electrons. The molecule has 0 saturated carbocycles. The average molecular weight is 314 g/mol. The van der Waals surface area contributed by atoms with Crippen LogP contribution in [-0.2, 0) is 4.79 Å². The predicted octanol–water partition coefficient (Wildman–Crippen LogP) is 2.87. The van der Waals surface area contributed by atoms with Gasteiger partial charge in [0.05, 0.1) is 0 Å². The highest BCUT2D eigenvalue weighted by molar-refractivity contribution is 9.10. The van der Waals surface area contributed by atoms with Crippen LogP contribution in [0.4, 0.5) is 5.82 Å². The molecule has 0 aliphatic rings. The summed E-state index contributed by atoms with van der Waals surface area (Å²) in [5.74, 6) is 0.867. The molecule has 18 heavy (non-hydrogen) atoms. The maximum atomic E-state index is 11.6. The molecule has 1 heterocycles. The van der Waals surface area contributed by atoms with Crippen LogP contribution in [0.2, 0.25) is 0 Å². The first-order valence-electron chi connectivity index (χ1n) is 5.95. The van der Waals surface area contributed by atoms with Gasteiger partial charge in [0.2, 0.25) is 5.91 Å². The van der Waals surface area contributed by atoms with E-state index in [2.05, 4.69) is 31.5 Å². The lowest BCUT2D eigenvalue weighted by Crippen LogP contribution is -2.41. The van der Waals surface area contributed by atoms with Crippen molar-refractivity contribution in [1.82, 2.24) is 10.3 Å². The van der Waals surface area contributed by atoms with Crippen molar-refractivity contribution in [3.63, 3.8) is 0 Å². The van der Waals surface area contributed by atoms with E-state index in [1.54, 1.807) is 6.20 Å². The second-order valence-corrected chi connectivity index (χ2v) is 6.21. The van der Waals surface area contributed by atoms with Gasteiger partial charge in [-0.05, 0) is 55.3 Å². The Labute approximate surface area is 117 Å². The van der Waals surface area contributed by atoms with Gasteiger partial charge < -0.3 is 10.6 Å². The number of hydrogen-bond acceptors (Lipinski definition) is 3. The molecule has 0 radical (unpaired) electrons. The van der Waals surface area contributed by atoms with E-state index in [4.69, 9.17) is 0 Å². The Bertz CT molecular complexity index is 427. The Hall–Kier alpha value is -1.10. The number of rotatable bonds is 4. The van der Waals surface area contributed by atoms with Crippen molar-refractivity contribution in [2.75, 3.05) is 11.9 Å². The molecule has 1 aromatic heterocycles. The number of aryl methyl sites for hydroxylation is 1. The highest BCUT2D eigenvalue weighted by Crippen LogP contribution is 2.16. The summed E-state index contributed by atoms with van der Waals surface area (Å²) < 4.78 is 0.955. The third-order valence-corrected chi connectivity index (χ3v) is 2.64. The SMILES string of the molecule is Cc1cc(Br)cnc1NCCC(=O)NC(C)(C)C. The fourth-order valence-corrected chi connectivity index (χ4v) is 1.95. The van der Waals surface area contributed by atoms with Crippen LogP contribution in [0.1, 0.15) is 32.8 Å². The lowest BCUT2D eigenvalue weighted by atomic mass is 10.1. The third kappa shape index (κ3) is 5.49. The zero-order chi connectivity index (χ0) is 13.8. The number of carbonyl (C=O) groups is 1. The first-order valence-corrected chi connectivity index (χ1v) is 6.74. The minimum absolute atomic E-state index is 0.0461. The fraction of sp³-hybridized carbons (Fsp3) is 0.538. The molecule has 0 fully saturated rings. The first kappa shape index (κ1) is 15.0. The van der Waals surface area contributed by atoms with Crippen molar-refractivity contribution in [2.45, 2.75) is 39.7 Å². The van der Waals surface area contributed by atoms with Crippen molar-refractivity contribution in [1.29, 1.82) is 0 Å². The maximum Gasteiger partial charge on any atom is 0.222 e. The number of halogens is 1. The van der Waals surface area contributed by atoms with Crippen molar-refractivity contribution < 1.29 is 4.79 Å². The molecule has 0 saturated heterocycles. The zero-order valence-corrected chi connectivity index (χ0v) is 12.9.